The third-order valence-electron chi connectivity index (χ3n) is 3.05. The molecule has 0 atom stereocenters. The molecular formula is C15H18N4O. The molecule has 0 aliphatic heterocycles. The number of benzene rings is 1. The van der Waals surface area contributed by atoms with Crippen molar-refractivity contribution in [3.63, 3.8) is 0 Å². The predicted molar refractivity (Wildman–Crippen MR) is 80.3 cm³/mol. The van der Waals surface area contributed by atoms with Gasteiger partial charge in [0.25, 0.3) is 0 Å². The highest BCUT2D eigenvalue weighted by atomic mass is 16.1. The first-order valence-corrected chi connectivity index (χ1v) is 6.35. The van der Waals surface area contributed by atoms with Gasteiger partial charge < -0.3 is 11.1 Å². The van der Waals surface area contributed by atoms with Crippen molar-refractivity contribution >= 4 is 23.6 Å². The molecule has 5 heteroatoms. The summed E-state index contributed by atoms with van der Waals surface area (Å²) in [5, 5.41) is 3.08. The lowest BCUT2D eigenvalue weighted by atomic mass is 9.87. The molecule has 0 saturated carbocycles. The fourth-order valence-electron chi connectivity index (χ4n) is 1.82. The van der Waals surface area contributed by atoms with Crippen molar-refractivity contribution in [1.82, 2.24) is 9.97 Å². The van der Waals surface area contributed by atoms with E-state index in [0.29, 0.717) is 12.1 Å². The SMILES string of the molecule is CC(C)(C)c1ccc(Nc2ncnc(N)c2C=O)cc1. The van der Waals surface area contributed by atoms with Gasteiger partial charge in [0.2, 0.25) is 0 Å². The Bertz CT molecular complexity index is 615. The van der Waals surface area contributed by atoms with E-state index in [9.17, 15) is 4.79 Å². The Morgan fingerprint density at radius 2 is 1.80 bits per heavy atom. The van der Waals surface area contributed by atoms with Crippen LogP contribution < -0.4 is 11.1 Å². The van der Waals surface area contributed by atoms with Crippen LogP contribution in [0.3, 0.4) is 0 Å². The van der Waals surface area contributed by atoms with Crippen LogP contribution in [0.25, 0.3) is 0 Å². The van der Waals surface area contributed by atoms with Crippen molar-refractivity contribution in [2.24, 2.45) is 0 Å². The van der Waals surface area contributed by atoms with Crippen molar-refractivity contribution in [1.29, 1.82) is 0 Å². The summed E-state index contributed by atoms with van der Waals surface area (Å²) in [5.41, 5.74) is 8.10. The predicted octanol–water partition coefficient (Wildman–Crippen LogP) is 2.91. The minimum atomic E-state index is 0.103. The van der Waals surface area contributed by atoms with Gasteiger partial charge in [-0.2, -0.15) is 0 Å². The third kappa shape index (κ3) is 2.93. The van der Waals surface area contributed by atoms with Crippen LogP contribution in [0.1, 0.15) is 36.7 Å². The van der Waals surface area contributed by atoms with Crippen LogP contribution in [0.2, 0.25) is 0 Å². The molecule has 2 rings (SSSR count). The van der Waals surface area contributed by atoms with Gasteiger partial charge in [-0.25, -0.2) is 9.97 Å². The highest BCUT2D eigenvalue weighted by molar-refractivity contribution is 5.89. The van der Waals surface area contributed by atoms with E-state index in [1.54, 1.807) is 0 Å². The summed E-state index contributed by atoms with van der Waals surface area (Å²) in [6.07, 6.45) is 1.98. The molecule has 0 spiro atoms. The molecule has 0 saturated heterocycles. The number of nitrogens with two attached hydrogens (primary N) is 1. The van der Waals surface area contributed by atoms with Gasteiger partial charge in [0.1, 0.15) is 18.0 Å². The zero-order chi connectivity index (χ0) is 14.8. The Kier molecular flexibility index (Phi) is 3.70. The zero-order valence-electron chi connectivity index (χ0n) is 11.8. The van der Waals surface area contributed by atoms with Gasteiger partial charge in [0.05, 0.1) is 5.56 Å². The summed E-state index contributed by atoms with van der Waals surface area (Å²) in [6.45, 7) is 6.47. The molecular weight excluding hydrogens is 252 g/mol. The number of hydrogen-bond acceptors (Lipinski definition) is 5. The fourth-order valence-corrected chi connectivity index (χ4v) is 1.82. The molecule has 3 N–H and O–H groups in total. The summed E-state index contributed by atoms with van der Waals surface area (Å²) in [6, 6.07) is 8.00. The number of hydrogen-bond donors (Lipinski definition) is 2. The molecule has 0 bridgehead atoms. The zero-order valence-corrected chi connectivity index (χ0v) is 11.8. The van der Waals surface area contributed by atoms with Gasteiger partial charge >= 0.3 is 0 Å². The molecule has 1 aromatic carbocycles. The number of carbonyl (C=O) groups excluding carboxylic acids is 1. The summed E-state index contributed by atoms with van der Waals surface area (Å²) in [5.74, 6) is 0.583. The average Bonchev–Trinajstić information content (AvgIpc) is 2.38. The van der Waals surface area contributed by atoms with Crippen molar-refractivity contribution in [2.75, 3.05) is 11.1 Å². The number of nitrogens with zero attached hydrogens (tertiary/aromatic N) is 2. The summed E-state index contributed by atoms with van der Waals surface area (Å²) in [7, 11) is 0. The van der Waals surface area contributed by atoms with Crippen LogP contribution in [0.4, 0.5) is 17.3 Å². The quantitative estimate of drug-likeness (QED) is 0.838. The Balaban J connectivity index is 2.27. The van der Waals surface area contributed by atoms with Crippen molar-refractivity contribution in [3.8, 4) is 0 Å². The number of anilines is 3. The van der Waals surface area contributed by atoms with E-state index >= 15 is 0 Å². The van der Waals surface area contributed by atoms with Gasteiger partial charge in [-0.15, -0.1) is 0 Å². The molecule has 0 radical (unpaired) electrons. The van der Waals surface area contributed by atoms with Crippen LogP contribution >= 0.6 is 0 Å². The summed E-state index contributed by atoms with van der Waals surface area (Å²) in [4.78, 5) is 18.9. The monoisotopic (exact) mass is 270 g/mol. The van der Waals surface area contributed by atoms with Gasteiger partial charge in [-0.3, -0.25) is 4.79 Å². The summed E-state index contributed by atoms with van der Waals surface area (Å²) < 4.78 is 0. The molecule has 104 valence electrons. The number of rotatable bonds is 3. The smallest absolute Gasteiger partial charge is 0.157 e. The number of nitrogens with one attached hydrogen (secondary N) is 1. The second kappa shape index (κ2) is 5.28. The van der Waals surface area contributed by atoms with Crippen LogP contribution in [0, 0.1) is 0 Å². The maximum absolute atomic E-state index is 11.0. The number of aromatic nitrogens is 2. The van der Waals surface area contributed by atoms with E-state index in [1.807, 2.05) is 24.3 Å². The minimum Gasteiger partial charge on any atom is -0.383 e. The Morgan fingerprint density at radius 3 is 2.35 bits per heavy atom. The molecule has 0 unspecified atom stereocenters. The molecule has 0 amide bonds. The van der Waals surface area contributed by atoms with Crippen LogP contribution in [-0.2, 0) is 5.41 Å². The maximum atomic E-state index is 11.0. The number of nitrogen functional groups attached to an aromatic ring is 1. The molecule has 1 aromatic heterocycles. The second-order valence-corrected chi connectivity index (χ2v) is 5.59. The second-order valence-electron chi connectivity index (χ2n) is 5.59. The standard InChI is InChI=1S/C15H18N4O/c1-15(2,3)10-4-6-11(7-5-10)19-14-12(8-20)13(16)17-9-18-14/h4-9H,1-3H3,(H3,16,17,18,19). The lowest BCUT2D eigenvalue weighted by Crippen LogP contribution is -2.10. The average molecular weight is 270 g/mol. The lowest BCUT2D eigenvalue weighted by Gasteiger charge is -2.19. The highest BCUT2D eigenvalue weighted by Gasteiger charge is 2.13. The van der Waals surface area contributed by atoms with Crippen LogP contribution in [0.15, 0.2) is 30.6 Å². The fraction of sp³-hybridized carbons (Fsp3) is 0.267. The Labute approximate surface area is 118 Å². The first kappa shape index (κ1) is 14.0. The number of aldehydes is 1. The van der Waals surface area contributed by atoms with Crippen molar-refractivity contribution in [2.45, 2.75) is 26.2 Å². The van der Waals surface area contributed by atoms with E-state index < -0.39 is 0 Å². The molecule has 0 aliphatic carbocycles. The minimum absolute atomic E-state index is 0.103. The highest BCUT2D eigenvalue weighted by Crippen LogP contribution is 2.25. The van der Waals surface area contributed by atoms with Gasteiger partial charge in [-0.05, 0) is 23.1 Å². The van der Waals surface area contributed by atoms with Crippen molar-refractivity contribution < 1.29 is 4.79 Å². The van der Waals surface area contributed by atoms with Crippen molar-refractivity contribution in [3.05, 3.63) is 41.7 Å². The van der Waals surface area contributed by atoms with E-state index in [2.05, 4.69) is 36.1 Å². The molecule has 1 heterocycles. The first-order valence-electron chi connectivity index (χ1n) is 6.35. The van der Waals surface area contributed by atoms with Crippen LogP contribution in [0.5, 0.6) is 0 Å². The molecule has 5 nitrogen and oxygen atoms in total. The lowest BCUT2D eigenvalue weighted by molar-refractivity contribution is 0.112. The van der Waals surface area contributed by atoms with Gasteiger partial charge in [0, 0.05) is 5.69 Å². The molecule has 0 aliphatic rings. The number of carbonyl (C=O) groups is 1. The topological polar surface area (TPSA) is 80.9 Å². The van der Waals surface area contributed by atoms with E-state index in [1.165, 1.54) is 11.9 Å². The molecule has 2 aromatic rings. The van der Waals surface area contributed by atoms with Gasteiger partial charge in [-0.1, -0.05) is 32.9 Å². The normalized spacial score (nSPS) is 11.2. The third-order valence-corrected chi connectivity index (χ3v) is 3.05. The van der Waals surface area contributed by atoms with E-state index in [0.717, 1.165) is 5.69 Å². The van der Waals surface area contributed by atoms with Gasteiger partial charge in [0.15, 0.2) is 6.29 Å². The Morgan fingerprint density at radius 1 is 1.15 bits per heavy atom. The van der Waals surface area contributed by atoms with E-state index in [4.69, 9.17) is 5.73 Å². The molecule has 20 heavy (non-hydrogen) atoms. The largest absolute Gasteiger partial charge is 0.383 e. The summed E-state index contributed by atoms with van der Waals surface area (Å²) >= 11 is 0. The molecule has 0 fully saturated rings. The van der Waals surface area contributed by atoms with E-state index in [-0.39, 0.29) is 16.8 Å². The van der Waals surface area contributed by atoms with Crippen LogP contribution in [-0.4, -0.2) is 16.3 Å². The first-order chi connectivity index (χ1) is 9.41. The Hall–Kier alpha value is -2.43. The maximum Gasteiger partial charge on any atom is 0.157 e.